The van der Waals surface area contributed by atoms with E-state index in [1.807, 2.05) is 0 Å². The van der Waals surface area contributed by atoms with Crippen LogP contribution >= 0.6 is 0 Å². The molecular formula is C38H72O15. The predicted molar refractivity (Wildman–Crippen MR) is 197 cm³/mol. The maximum absolute atomic E-state index is 11.7. The van der Waals surface area contributed by atoms with Gasteiger partial charge in [0.05, 0.1) is 112 Å². The van der Waals surface area contributed by atoms with E-state index in [1.54, 1.807) is 0 Å². The van der Waals surface area contributed by atoms with E-state index >= 15 is 0 Å². The molecule has 0 saturated heterocycles. The van der Waals surface area contributed by atoms with Crippen molar-refractivity contribution in [1.82, 2.24) is 0 Å². The number of hydrogen-bond donors (Lipinski definition) is 3. The molecule has 0 saturated carbocycles. The summed E-state index contributed by atoms with van der Waals surface area (Å²) in [5.41, 5.74) is -2.73. The van der Waals surface area contributed by atoms with Crippen molar-refractivity contribution in [2.45, 2.75) is 115 Å². The molecular weight excluding hydrogens is 696 g/mol. The lowest BCUT2D eigenvalue weighted by Crippen LogP contribution is -2.43. The minimum atomic E-state index is -2.73. The van der Waals surface area contributed by atoms with Gasteiger partial charge in [0.1, 0.15) is 6.61 Å². The number of carboxylic acid groups (broad SMARTS) is 2. The topological polar surface area (TPSA) is 195 Å². The van der Waals surface area contributed by atoms with Crippen molar-refractivity contribution in [2.24, 2.45) is 0 Å². The number of unbranched alkanes of at least 4 members (excludes halogenated alkanes) is 13. The summed E-state index contributed by atoms with van der Waals surface area (Å²) in [4.78, 5) is 33.4. The Morgan fingerprint density at radius 3 is 0.981 bits per heavy atom. The minimum Gasteiger partial charge on any atom is -0.481 e. The lowest BCUT2D eigenvalue weighted by Gasteiger charge is -2.20. The molecule has 0 heterocycles. The van der Waals surface area contributed by atoms with E-state index in [-0.39, 0.29) is 26.4 Å². The second-order valence-corrected chi connectivity index (χ2v) is 12.8. The highest BCUT2D eigenvalue weighted by molar-refractivity contribution is 5.88. The Morgan fingerprint density at radius 2 is 0.679 bits per heavy atom. The molecule has 0 bridgehead atoms. The van der Waals surface area contributed by atoms with Gasteiger partial charge < -0.3 is 58.0 Å². The van der Waals surface area contributed by atoms with Gasteiger partial charge in [-0.05, 0) is 6.42 Å². The van der Waals surface area contributed by atoms with Crippen molar-refractivity contribution in [2.75, 3.05) is 112 Å². The molecule has 0 aromatic rings. The lowest BCUT2D eigenvalue weighted by atomic mass is 9.96. The summed E-state index contributed by atoms with van der Waals surface area (Å²) in [7, 11) is 0. The van der Waals surface area contributed by atoms with Gasteiger partial charge in [0.2, 0.25) is 0 Å². The van der Waals surface area contributed by atoms with Gasteiger partial charge in [-0.3, -0.25) is 9.59 Å². The van der Waals surface area contributed by atoms with E-state index in [9.17, 15) is 19.5 Å². The number of aliphatic hydroxyl groups is 1. The molecule has 0 rings (SSSR count). The van der Waals surface area contributed by atoms with Crippen molar-refractivity contribution in [3.8, 4) is 0 Å². The highest BCUT2D eigenvalue weighted by Crippen LogP contribution is 2.17. The van der Waals surface area contributed by atoms with Gasteiger partial charge in [0.25, 0.3) is 0 Å². The van der Waals surface area contributed by atoms with Gasteiger partial charge >= 0.3 is 17.9 Å². The number of esters is 1. The zero-order valence-electron chi connectivity index (χ0n) is 32.6. The molecule has 53 heavy (non-hydrogen) atoms. The van der Waals surface area contributed by atoms with Crippen molar-refractivity contribution in [3.63, 3.8) is 0 Å². The first-order valence-corrected chi connectivity index (χ1v) is 19.8. The molecule has 0 aliphatic rings. The summed E-state index contributed by atoms with van der Waals surface area (Å²) in [6.45, 7) is 9.19. The minimum absolute atomic E-state index is 0.0227. The molecule has 0 aromatic heterocycles. The van der Waals surface area contributed by atoms with E-state index in [1.165, 1.54) is 83.5 Å². The predicted octanol–water partition coefficient (Wildman–Crippen LogP) is 4.82. The number of carbonyl (C=O) groups excluding carboxylic acids is 1. The van der Waals surface area contributed by atoms with E-state index in [0.29, 0.717) is 79.3 Å². The first-order chi connectivity index (χ1) is 25.8. The van der Waals surface area contributed by atoms with E-state index in [2.05, 4.69) is 6.92 Å². The fraction of sp³-hybridized carbons (Fsp3) is 0.921. The SMILES string of the molecule is CCCCCCCCCCCCCCCCOCCOCCOCCOCCOCCOCCOCCOCCOC(=O)CC(O)(CC(=O)O)C(=O)O. The Morgan fingerprint density at radius 1 is 0.396 bits per heavy atom. The average molecular weight is 769 g/mol. The van der Waals surface area contributed by atoms with Gasteiger partial charge in [0.15, 0.2) is 5.60 Å². The van der Waals surface area contributed by atoms with Gasteiger partial charge in [-0.25, -0.2) is 4.79 Å². The number of aliphatic carboxylic acids is 2. The molecule has 0 aliphatic heterocycles. The van der Waals surface area contributed by atoms with Gasteiger partial charge in [0, 0.05) is 6.61 Å². The largest absolute Gasteiger partial charge is 0.481 e. The highest BCUT2D eigenvalue weighted by Gasteiger charge is 2.41. The van der Waals surface area contributed by atoms with Crippen LogP contribution in [-0.4, -0.2) is 151 Å². The van der Waals surface area contributed by atoms with Gasteiger partial charge in [-0.15, -0.1) is 0 Å². The van der Waals surface area contributed by atoms with Crippen LogP contribution in [0.3, 0.4) is 0 Å². The molecule has 15 nitrogen and oxygen atoms in total. The Labute approximate surface area is 317 Å². The molecule has 314 valence electrons. The van der Waals surface area contributed by atoms with Gasteiger partial charge in [-0.1, -0.05) is 90.4 Å². The number of carboxylic acids is 2. The van der Waals surface area contributed by atoms with Crippen molar-refractivity contribution >= 4 is 17.9 Å². The number of ether oxygens (including phenoxy) is 9. The van der Waals surface area contributed by atoms with Crippen LogP contribution in [0.25, 0.3) is 0 Å². The molecule has 0 spiro atoms. The third kappa shape index (κ3) is 38.1. The maximum atomic E-state index is 11.7. The number of rotatable bonds is 44. The van der Waals surface area contributed by atoms with Crippen LogP contribution in [-0.2, 0) is 57.0 Å². The maximum Gasteiger partial charge on any atom is 0.336 e. The van der Waals surface area contributed by atoms with Crippen LogP contribution in [0.2, 0.25) is 0 Å². The monoisotopic (exact) mass is 768 g/mol. The Hall–Kier alpha value is -1.95. The molecule has 0 radical (unpaired) electrons. The van der Waals surface area contributed by atoms with Crippen LogP contribution in [0, 0.1) is 0 Å². The fourth-order valence-corrected chi connectivity index (χ4v) is 5.01. The summed E-state index contributed by atoms with van der Waals surface area (Å²) >= 11 is 0. The van der Waals surface area contributed by atoms with Crippen LogP contribution in [0.4, 0.5) is 0 Å². The van der Waals surface area contributed by atoms with Crippen molar-refractivity contribution < 1.29 is 72.3 Å². The van der Waals surface area contributed by atoms with Crippen molar-refractivity contribution in [3.05, 3.63) is 0 Å². The van der Waals surface area contributed by atoms with Crippen molar-refractivity contribution in [1.29, 1.82) is 0 Å². The standard InChI is InChI=1S/C38H72O15/c1-2-3-4-5-6-7-8-9-10-11-12-13-14-15-16-45-17-18-46-19-20-47-21-22-48-23-24-49-25-26-50-27-28-51-29-30-52-31-32-53-36(41)34-38(44,37(42)43)33-35(39)40/h44H,2-34H2,1H3,(H,39,40)(H,42,43). The second-order valence-electron chi connectivity index (χ2n) is 12.8. The highest BCUT2D eigenvalue weighted by atomic mass is 16.6. The molecule has 0 fully saturated rings. The zero-order chi connectivity index (χ0) is 38.9. The molecule has 1 unspecified atom stereocenters. The normalized spacial score (nSPS) is 12.6. The molecule has 3 N–H and O–H groups in total. The molecule has 0 aliphatic carbocycles. The summed E-state index contributed by atoms with van der Waals surface area (Å²) in [6, 6.07) is 0. The Balaban J connectivity index is 3.21. The second kappa shape index (κ2) is 39.7. The Kier molecular flexibility index (Phi) is 38.3. The molecule has 1 atom stereocenters. The van der Waals surface area contributed by atoms with Crippen LogP contribution < -0.4 is 0 Å². The number of hydrogen-bond acceptors (Lipinski definition) is 13. The molecule has 0 aromatic carbocycles. The first-order valence-electron chi connectivity index (χ1n) is 19.8. The average Bonchev–Trinajstić information content (AvgIpc) is 3.12. The zero-order valence-corrected chi connectivity index (χ0v) is 32.6. The first kappa shape index (κ1) is 51.0. The molecule has 0 amide bonds. The van der Waals surface area contributed by atoms with Gasteiger partial charge in [-0.2, -0.15) is 0 Å². The summed E-state index contributed by atoms with van der Waals surface area (Å²) in [5, 5.41) is 27.4. The summed E-state index contributed by atoms with van der Waals surface area (Å²) in [5.74, 6) is -4.42. The quantitative estimate of drug-likeness (QED) is 0.0563. The Bertz CT molecular complexity index is 831. The third-order valence-corrected chi connectivity index (χ3v) is 8.02. The molecule has 15 heteroatoms. The van der Waals surface area contributed by atoms with E-state index in [0.717, 1.165) is 13.0 Å². The smallest absolute Gasteiger partial charge is 0.336 e. The third-order valence-electron chi connectivity index (χ3n) is 8.02. The van der Waals surface area contributed by atoms with Crippen LogP contribution in [0.5, 0.6) is 0 Å². The number of carbonyl (C=O) groups is 3. The van der Waals surface area contributed by atoms with E-state index < -0.39 is 36.4 Å². The fourth-order valence-electron chi connectivity index (χ4n) is 5.01. The summed E-state index contributed by atoms with van der Waals surface area (Å²) in [6.07, 6.45) is 16.9. The van der Waals surface area contributed by atoms with Crippen LogP contribution in [0.1, 0.15) is 110 Å². The summed E-state index contributed by atoms with van der Waals surface area (Å²) < 4.78 is 48.4. The van der Waals surface area contributed by atoms with E-state index in [4.69, 9.17) is 52.8 Å². The lowest BCUT2D eigenvalue weighted by molar-refractivity contribution is -0.172. The van der Waals surface area contributed by atoms with Crippen LogP contribution in [0.15, 0.2) is 0 Å².